The highest BCUT2D eigenvalue weighted by Gasteiger charge is 2.52. The Hall–Kier alpha value is -4.68. The lowest BCUT2D eigenvalue weighted by Crippen LogP contribution is -2.75. The molecular weight excluding hydrogens is 589 g/mol. The van der Waals surface area contributed by atoms with E-state index < -0.39 is 26.4 Å². The maximum Gasteiger partial charge on any atom is 0.494 e. The number of hydrogen-bond acceptors (Lipinski definition) is 2. The molecule has 0 saturated carbocycles. The largest absolute Gasteiger partial charge is 0.494 e. The zero-order valence-electron chi connectivity index (χ0n) is 27.4. The summed E-state index contributed by atoms with van der Waals surface area (Å²) in [6.45, 7) is 8.46. The van der Waals surface area contributed by atoms with Crippen molar-refractivity contribution in [3.05, 3.63) is 158 Å². The van der Waals surface area contributed by atoms with Crippen LogP contribution in [0.5, 0.6) is 0 Å². The molecule has 1 aliphatic heterocycles. The zero-order chi connectivity index (χ0) is 32.2. The number of nitrogens with zero attached hydrogens (tertiary/aromatic N) is 1. The molecule has 8 rings (SSSR count). The van der Waals surface area contributed by atoms with Crippen molar-refractivity contribution in [3.8, 4) is 5.69 Å². The molecule has 0 radical (unpaired) electrons. The molecule has 1 saturated heterocycles. The van der Waals surface area contributed by atoms with Crippen LogP contribution < -0.4 is 26.2 Å². The van der Waals surface area contributed by atoms with E-state index in [1.54, 1.807) is 0 Å². The van der Waals surface area contributed by atoms with Crippen LogP contribution in [-0.2, 0) is 9.31 Å². The van der Waals surface area contributed by atoms with Crippen LogP contribution >= 0.6 is 0 Å². The summed E-state index contributed by atoms with van der Waals surface area (Å²) in [7, 11) is -3.30. The van der Waals surface area contributed by atoms with Gasteiger partial charge in [-0.1, -0.05) is 133 Å². The molecule has 0 unspecified atom stereocenters. The summed E-state index contributed by atoms with van der Waals surface area (Å²) in [6, 6.07) is 57.9. The van der Waals surface area contributed by atoms with Crippen LogP contribution in [0.4, 0.5) is 0 Å². The predicted molar refractivity (Wildman–Crippen MR) is 200 cm³/mol. The van der Waals surface area contributed by atoms with E-state index in [4.69, 9.17) is 9.31 Å². The van der Waals surface area contributed by atoms with Crippen molar-refractivity contribution < 1.29 is 9.31 Å². The number of benzene rings is 6. The lowest BCUT2D eigenvalue weighted by atomic mass is 9.79. The smallest absolute Gasteiger partial charge is 0.399 e. The molecule has 7 aromatic rings. The van der Waals surface area contributed by atoms with Crippen LogP contribution in [-0.4, -0.2) is 31.0 Å². The van der Waals surface area contributed by atoms with E-state index in [-0.39, 0.29) is 0 Å². The van der Waals surface area contributed by atoms with Gasteiger partial charge in [0.05, 0.1) is 22.2 Å². The van der Waals surface area contributed by atoms with E-state index in [2.05, 4.69) is 190 Å². The van der Waals surface area contributed by atoms with E-state index in [0.29, 0.717) is 0 Å². The molecule has 2 heterocycles. The first kappa shape index (κ1) is 29.7. The van der Waals surface area contributed by atoms with Crippen molar-refractivity contribution >= 4 is 63.2 Å². The molecule has 47 heavy (non-hydrogen) atoms. The van der Waals surface area contributed by atoms with Gasteiger partial charge in [0.25, 0.3) is 0 Å². The van der Waals surface area contributed by atoms with Crippen LogP contribution in [0.15, 0.2) is 158 Å². The third-order valence-corrected chi connectivity index (χ3v) is 15.1. The maximum absolute atomic E-state index is 6.57. The molecule has 0 atom stereocenters. The number of hydrogen-bond donors (Lipinski definition) is 0. The summed E-state index contributed by atoms with van der Waals surface area (Å²) < 4.78 is 15.6. The summed E-state index contributed by atoms with van der Waals surface area (Å²) in [5.74, 6) is 0. The van der Waals surface area contributed by atoms with E-state index in [9.17, 15) is 0 Å². The Morgan fingerprint density at radius 1 is 0.468 bits per heavy atom. The second-order valence-electron chi connectivity index (χ2n) is 13.6. The normalized spacial score (nSPS) is 15.8. The van der Waals surface area contributed by atoms with Crippen LogP contribution in [0, 0.1) is 0 Å². The van der Waals surface area contributed by atoms with Crippen molar-refractivity contribution in [3.63, 3.8) is 0 Å². The minimum Gasteiger partial charge on any atom is -0.399 e. The van der Waals surface area contributed by atoms with Crippen LogP contribution in [0.1, 0.15) is 27.7 Å². The second-order valence-corrected chi connectivity index (χ2v) is 17.4. The topological polar surface area (TPSA) is 23.4 Å². The highest BCUT2D eigenvalue weighted by molar-refractivity contribution is 7.20. The molecule has 0 amide bonds. The average Bonchev–Trinajstić information content (AvgIpc) is 3.55. The second kappa shape index (κ2) is 11.2. The molecule has 0 N–H and O–H groups in total. The highest BCUT2D eigenvalue weighted by atomic mass is 28.3. The lowest BCUT2D eigenvalue weighted by Gasteiger charge is -2.35. The lowest BCUT2D eigenvalue weighted by molar-refractivity contribution is 0.00578. The molecule has 1 fully saturated rings. The van der Waals surface area contributed by atoms with Gasteiger partial charge in [-0.15, -0.1) is 0 Å². The van der Waals surface area contributed by atoms with Gasteiger partial charge in [0.1, 0.15) is 0 Å². The third kappa shape index (κ3) is 4.72. The van der Waals surface area contributed by atoms with Gasteiger partial charge < -0.3 is 13.9 Å². The summed E-state index contributed by atoms with van der Waals surface area (Å²) >= 11 is 0. The molecule has 0 aliphatic carbocycles. The number of fused-ring (bicyclic) bond motifs is 3. The van der Waals surface area contributed by atoms with Crippen LogP contribution in [0.25, 0.3) is 27.5 Å². The molecule has 3 nitrogen and oxygen atoms in total. The van der Waals surface area contributed by atoms with Crippen molar-refractivity contribution in [1.29, 1.82) is 0 Å². The van der Waals surface area contributed by atoms with Crippen LogP contribution in [0.2, 0.25) is 0 Å². The summed E-state index contributed by atoms with van der Waals surface area (Å²) in [5, 5.41) is 7.80. The third-order valence-electron chi connectivity index (χ3n) is 10.4. The van der Waals surface area contributed by atoms with Crippen molar-refractivity contribution in [2.24, 2.45) is 0 Å². The Balaban J connectivity index is 1.40. The number of rotatable bonds is 6. The fraction of sp³-hybridized carbons (Fsp3) is 0.143. The zero-order valence-corrected chi connectivity index (χ0v) is 28.4. The predicted octanol–water partition coefficient (Wildman–Crippen LogP) is 6.46. The molecule has 0 spiro atoms. The summed E-state index contributed by atoms with van der Waals surface area (Å²) in [4.78, 5) is 0. The molecule has 1 aliphatic rings. The Morgan fingerprint density at radius 2 is 0.915 bits per heavy atom. The van der Waals surface area contributed by atoms with Gasteiger partial charge >= 0.3 is 7.12 Å². The van der Waals surface area contributed by atoms with E-state index in [1.165, 1.54) is 42.6 Å². The SMILES string of the molecule is CC1(C)OB(c2cccc([Si](c3ccccc3)(c3ccccc3)c3cccc(-n4c5ccccc5c5ccccc54)c3)c2)OC1(C)C. The number of para-hydroxylation sites is 2. The fourth-order valence-corrected chi connectivity index (χ4v) is 12.2. The standard InChI is InChI=1S/C42H38BNO2Si/c1-41(2)42(3,4)46-43(45-41)31-17-15-23-35(29-31)47(33-19-7-5-8-20-33,34-21-9-6-10-22-34)36-24-16-18-32(30-36)44-39-27-13-11-25-37(39)38-26-12-14-28-40(38)44/h5-30H,1-4H3. The highest BCUT2D eigenvalue weighted by Crippen LogP contribution is 2.36. The Kier molecular flexibility index (Phi) is 7.10. The van der Waals surface area contributed by atoms with Gasteiger partial charge in [-0.2, -0.15) is 0 Å². The van der Waals surface area contributed by atoms with Crippen molar-refractivity contribution in [2.45, 2.75) is 38.9 Å². The number of aromatic nitrogens is 1. The van der Waals surface area contributed by atoms with Gasteiger partial charge in [-0.25, -0.2) is 0 Å². The first-order chi connectivity index (χ1) is 22.8. The monoisotopic (exact) mass is 627 g/mol. The van der Waals surface area contributed by atoms with Gasteiger partial charge in [0, 0.05) is 16.5 Å². The fourth-order valence-electron chi connectivity index (χ4n) is 7.35. The van der Waals surface area contributed by atoms with Gasteiger partial charge in [-0.3, -0.25) is 0 Å². The summed E-state index contributed by atoms with van der Waals surface area (Å²) in [5.41, 5.74) is 3.78. The molecule has 230 valence electrons. The Bertz CT molecular complexity index is 2120. The van der Waals surface area contributed by atoms with Gasteiger partial charge in [0.15, 0.2) is 8.07 Å². The first-order valence-corrected chi connectivity index (χ1v) is 18.5. The quantitative estimate of drug-likeness (QED) is 0.156. The van der Waals surface area contributed by atoms with E-state index in [0.717, 1.165) is 11.2 Å². The first-order valence-electron chi connectivity index (χ1n) is 16.5. The summed E-state index contributed by atoms with van der Waals surface area (Å²) in [6.07, 6.45) is 0. The van der Waals surface area contributed by atoms with Gasteiger partial charge in [-0.05, 0) is 78.2 Å². The molecular formula is C42H38BNO2Si. The maximum atomic E-state index is 6.57. The molecule has 6 aromatic carbocycles. The minimum absolute atomic E-state index is 0.419. The minimum atomic E-state index is -2.86. The van der Waals surface area contributed by atoms with E-state index in [1.807, 2.05) is 0 Å². The molecule has 0 bridgehead atoms. The van der Waals surface area contributed by atoms with Crippen molar-refractivity contribution in [1.82, 2.24) is 4.57 Å². The average molecular weight is 628 g/mol. The van der Waals surface area contributed by atoms with E-state index >= 15 is 0 Å². The van der Waals surface area contributed by atoms with Gasteiger partial charge in [0.2, 0.25) is 0 Å². The Morgan fingerprint density at radius 3 is 1.47 bits per heavy atom. The molecule has 1 aromatic heterocycles. The van der Waals surface area contributed by atoms with Crippen molar-refractivity contribution in [2.75, 3.05) is 0 Å². The Labute approximate surface area is 278 Å². The van der Waals surface area contributed by atoms with Crippen LogP contribution in [0.3, 0.4) is 0 Å². The molecule has 5 heteroatoms.